The molecule has 0 aromatic heterocycles. The summed E-state index contributed by atoms with van der Waals surface area (Å²) in [5.74, 6) is 2.24. The minimum atomic E-state index is -1.89. The van der Waals surface area contributed by atoms with Crippen LogP contribution < -0.4 is 9.16 Å². The highest BCUT2D eigenvalue weighted by Gasteiger charge is 2.41. The Morgan fingerprint density at radius 1 is 0.906 bits per heavy atom. The first-order valence-electron chi connectivity index (χ1n) is 12.9. The standard InChI is InChI=1S/C28H50O3Si/c1-21-22(2)26-24(23(3)25(21)31-32(8,9)27(4,5)6)17-19-28(7,30-26)18-15-13-11-10-12-14-16-20-29/h29H,10-20H2,1-9H3/t28-/m1/s1. The molecule has 1 atom stereocenters. The molecule has 0 bridgehead atoms. The molecule has 32 heavy (non-hydrogen) atoms. The fourth-order valence-electron chi connectivity index (χ4n) is 4.51. The van der Waals surface area contributed by atoms with Crippen molar-refractivity contribution in [1.82, 2.24) is 0 Å². The monoisotopic (exact) mass is 462 g/mol. The Balaban J connectivity index is 2.07. The Bertz CT molecular complexity index is 763. The molecule has 1 aromatic rings. The van der Waals surface area contributed by atoms with Gasteiger partial charge in [0.05, 0.1) is 0 Å². The van der Waals surface area contributed by atoms with Gasteiger partial charge in [-0.25, -0.2) is 0 Å². The first-order chi connectivity index (χ1) is 14.8. The Hall–Kier alpha value is -1.00. The molecule has 1 heterocycles. The molecule has 184 valence electrons. The molecule has 1 aliphatic heterocycles. The van der Waals surface area contributed by atoms with E-state index in [0.717, 1.165) is 43.6 Å². The Labute approximate surface area is 199 Å². The van der Waals surface area contributed by atoms with Gasteiger partial charge in [0.25, 0.3) is 8.32 Å². The van der Waals surface area contributed by atoms with Crippen LogP contribution in [0.3, 0.4) is 0 Å². The quantitative estimate of drug-likeness (QED) is 0.266. The minimum Gasteiger partial charge on any atom is -0.543 e. The SMILES string of the molecule is Cc1c(C)c2c(c(C)c1O[Si](C)(C)C(C)(C)C)CC[C@@](C)(CCCCCCCCCO)O2. The van der Waals surface area contributed by atoms with Crippen molar-refractivity contribution in [3.63, 3.8) is 0 Å². The van der Waals surface area contributed by atoms with Gasteiger partial charge in [0.15, 0.2) is 0 Å². The van der Waals surface area contributed by atoms with Crippen LogP contribution in [-0.2, 0) is 6.42 Å². The highest BCUT2D eigenvalue weighted by molar-refractivity contribution is 6.74. The highest BCUT2D eigenvalue weighted by Crippen LogP contribution is 2.47. The number of rotatable bonds is 11. The van der Waals surface area contributed by atoms with E-state index in [2.05, 4.69) is 61.6 Å². The predicted molar refractivity (Wildman–Crippen MR) is 140 cm³/mol. The summed E-state index contributed by atoms with van der Waals surface area (Å²) in [5, 5.41) is 9.07. The molecule has 0 unspecified atom stereocenters. The Morgan fingerprint density at radius 3 is 2.03 bits per heavy atom. The lowest BCUT2D eigenvalue weighted by molar-refractivity contribution is 0.0522. The summed E-state index contributed by atoms with van der Waals surface area (Å²) in [4.78, 5) is 0. The van der Waals surface area contributed by atoms with Gasteiger partial charge in [0.2, 0.25) is 0 Å². The summed E-state index contributed by atoms with van der Waals surface area (Å²) < 4.78 is 13.6. The molecular weight excluding hydrogens is 412 g/mol. The van der Waals surface area contributed by atoms with Gasteiger partial charge in [-0.2, -0.15) is 0 Å². The first-order valence-corrected chi connectivity index (χ1v) is 15.9. The lowest BCUT2D eigenvalue weighted by atomic mass is 9.84. The van der Waals surface area contributed by atoms with E-state index >= 15 is 0 Å². The van der Waals surface area contributed by atoms with Gasteiger partial charge in [0.1, 0.15) is 17.1 Å². The Morgan fingerprint density at radius 2 is 1.47 bits per heavy atom. The molecule has 0 aliphatic carbocycles. The highest BCUT2D eigenvalue weighted by atomic mass is 28.4. The maximum atomic E-state index is 8.88. The van der Waals surface area contributed by atoms with Crippen molar-refractivity contribution in [2.75, 3.05) is 6.61 Å². The number of unbranched alkanes of at least 4 members (excludes halogenated alkanes) is 6. The fraction of sp³-hybridized carbons (Fsp3) is 0.786. The van der Waals surface area contributed by atoms with E-state index in [-0.39, 0.29) is 10.6 Å². The van der Waals surface area contributed by atoms with Crippen molar-refractivity contribution in [3.05, 3.63) is 22.3 Å². The van der Waals surface area contributed by atoms with Gasteiger partial charge in [-0.3, -0.25) is 0 Å². The minimum absolute atomic E-state index is 0.0602. The lowest BCUT2D eigenvalue weighted by Gasteiger charge is -2.41. The van der Waals surface area contributed by atoms with Crippen LogP contribution in [0.5, 0.6) is 11.5 Å². The summed E-state index contributed by atoms with van der Waals surface area (Å²) in [6.07, 6.45) is 11.7. The van der Waals surface area contributed by atoms with Crippen molar-refractivity contribution >= 4 is 8.32 Å². The Kier molecular flexibility index (Phi) is 9.32. The second-order valence-electron chi connectivity index (χ2n) is 11.9. The summed E-state index contributed by atoms with van der Waals surface area (Å²) >= 11 is 0. The molecule has 0 saturated carbocycles. The van der Waals surface area contributed by atoms with Crippen LogP contribution in [0.4, 0.5) is 0 Å². The number of aliphatic hydroxyl groups excluding tert-OH is 1. The van der Waals surface area contributed by atoms with E-state index < -0.39 is 8.32 Å². The van der Waals surface area contributed by atoms with Crippen molar-refractivity contribution in [3.8, 4) is 11.5 Å². The largest absolute Gasteiger partial charge is 0.543 e. The number of aliphatic hydroxyl groups is 1. The van der Waals surface area contributed by atoms with E-state index in [1.165, 1.54) is 54.4 Å². The van der Waals surface area contributed by atoms with Gasteiger partial charge in [-0.15, -0.1) is 0 Å². The molecule has 0 amide bonds. The molecule has 3 nitrogen and oxygen atoms in total. The molecule has 4 heteroatoms. The third-order valence-electron chi connectivity index (χ3n) is 8.09. The summed E-state index contributed by atoms with van der Waals surface area (Å²) in [5.41, 5.74) is 5.10. The fourth-order valence-corrected chi connectivity index (χ4v) is 5.64. The summed E-state index contributed by atoms with van der Waals surface area (Å²) in [6.45, 7) is 20.9. The summed E-state index contributed by atoms with van der Waals surface area (Å²) in [6, 6.07) is 0. The molecule has 0 saturated heterocycles. The molecular formula is C28H50O3Si. The average Bonchev–Trinajstić information content (AvgIpc) is 2.70. The van der Waals surface area contributed by atoms with Gasteiger partial charge >= 0.3 is 0 Å². The third kappa shape index (κ3) is 6.53. The van der Waals surface area contributed by atoms with E-state index in [1.807, 2.05) is 0 Å². The smallest absolute Gasteiger partial charge is 0.250 e. The summed E-state index contributed by atoms with van der Waals surface area (Å²) in [7, 11) is -1.89. The number of ether oxygens (including phenoxy) is 1. The third-order valence-corrected chi connectivity index (χ3v) is 12.4. The van der Waals surface area contributed by atoms with Crippen LogP contribution >= 0.6 is 0 Å². The van der Waals surface area contributed by atoms with Crippen LogP contribution in [0.25, 0.3) is 0 Å². The molecule has 0 fully saturated rings. The van der Waals surface area contributed by atoms with Crippen molar-refractivity contribution in [1.29, 1.82) is 0 Å². The zero-order valence-electron chi connectivity index (χ0n) is 22.5. The van der Waals surface area contributed by atoms with Gasteiger partial charge in [-0.05, 0) is 94.6 Å². The average molecular weight is 463 g/mol. The van der Waals surface area contributed by atoms with Crippen LogP contribution in [0, 0.1) is 20.8 Å². The van der Waals surface area contributed by atoms with E-state index in [9.17, 15) is 0 Å². The van der Waals surface area contributed by atoms with Crippen LogP contribution in [-0.4, -0.2) is 25.6 Å². The van der Waals surface area contributed by atoms with Gasteiger partial charge < -0.3 is 14.3 Å². The van der Waals surface area contributed by atoms with E-state index in [0.29, 0.717) is 6.61 Å². The second kappa shape index (κ2) is 10.9. The number of benzene rings is 1. The lowest BCUT2D eigenvalue weighted by Crippen LogP contribution is -2.44. The second-order valence-corrected chi connectivity index (χ2v) is 16.6. The maximum Gasteiger partial charge on any atom is 0.250 e. The van der Waals surface area contributed by atoms with Crippen LogP contribution in [0.15, 0.2) is 0 Å². The van der Waals surface area contributed by atoms with Crippen molar-refractivity contribution in [2.24, 2.45) is 0 Å². The molecule has 0 radical (unpaired) electrons. The zero-order valence-corrected chi connectivity index (χ0v) is 23.5. The van der Waals surface area contributed by atoms with Crippen molar-refractivity contribution in [2.45, 2.75) is 136 Å². The van der Waals surface area contributed by atoms with E-state index in [4.69, 9.17) is 14.3 Å². The molecule has 1 N–H and O–H groups in total. The number of hydrogen-bond donors (Lipinski definition) is 1. The molecule has 1 aliphatic rings. The van der Waals surface area contributed by atoms with Crippen LogP contribution in [0.1, 0.15) is 108 Å². The van der Waals surface area contributed by atoms with E-state index in [1.54, 1.807) is 0 Å². The van der Waals surface area contributed by atoms with Gasteiger partial charge in [-0.1, -0.05) is 52.9 Å². The molecule has 2 rings (SSSR count). The molecule has 0 spiro atoms. The molecule has 1 aromatic carbocycles. The maximum absolute atomic E-state index is 8.88. The zero-order chi connectivity index (χ0) is 24.2. The number of hydrogen-bond acceptors (Lipinski definition) is 3. The topological polar surface area (TPSA) is 38.7 Å². The van der Waals surface area contributed by atoms with Crippen molar-refractivity contribution < 1.29 is 14.3 Å². The normalized spacial score (nSPS) is 18.9. The number of fused-ring (bicyclic) bond motifs is 1. The first kappa shape index (κ1) is 27.2. The van der Waals surface area contributed by atoms with Crippen LogP contribution in [0.2, 0.25) is 18.1 Å². The predicted octanol–water partition coefficient (Wildman–Crippen LogP) is 8.19. The van der Waals surface area contributed by atoms with Gasteiger partial charge in [0, 0.05) is 12.2 Å².